The van der Waals surface area contributed by atoms with Gasteiger partial charge in [-0.3, -0.25) is 14.9 Å². The Labute approximate surface area is 154 Å². The number of allylic oxidation sites excluding steroid dienone is 2. The molecule has 130 valence electrons. The molecule has 3 heterocycles. The Morgan fingerprint density at radius 1 is 0.692 bits per heavy atom. The minimum Gasteiger partial charge on any atom is -0.296 e. The third-order valence-electron chi connectivity index (χ3n) is 7.00. The fourth-order valence-corrected chi connectivity index (χ4v) is 13.4. The van der Waals surface area contributed by atoms with Gasteiger partial charge in [-0.15, -0.1) is 0 Å². The molecular formula is C22H21NO2Si. The van der Waals surface area contributed by atoms with Crippen molar-refractivity contribution in [1.82, 2.24) is 5.32 Å². The molecule has 0 unspecified atom stereocenters. The summed E-state index contributed by atoms with van der Waals surface area (Å²) in [7, 11) is -2.34. The van der Waals surface area contributed by atoms with Gasteiger partial charge in [0.05, 0.1) is 11.8 Å². The summed E-state index contributed by atoms with van der Waals surface area (Å²) in [4.78, 5) is 25.5. The van der Waals surface area contributed by atoms with Gasteiger partial charge in [-0.2, -0.15) is 0 Å². The highest BCUT2D eigenvalue weighted by Crippen LogP contribution is 2.67. The van der Waals surface area contributed by atoms with Gasteiger partial charge < -0.3 is 0 Å². The van der Waals surface area contributed by atoms with Crippen molar-refractivity contribution in [1.29, 1.82) is 0 Å². The van der Waals surface area contributed by atoms with E-state index in [1.54, 1.807) is 0 Å². The molecule has 0 spiro atoms. The maximum Gasteiger partial charge on any atom is 0.230 e. The van der Waals surface area contributed by atoms with Crippen molar-refractivity contribution in [2.45, 2.75) is 24.9 Å². The van der Waals surface area contributed by atoms with Gasteiger partial charge in [0.2, 0.25) is 11.8 Å². The Morgan fingerprint density at radius 2 is 1.08 bits per heavy atom. The highest BCUT2D eigenvalue weighted by Gasteiger charge is 2.73. The maximum atomic E-state index is 12.7. The number of nitrogens with one attached hydrogen (secondary N) is 1. The van der Waals surface area contributed by atoms with Gasteiger partial charge in [-0.05, 0) is 24.9 Å². The Morgan fingerprint density at radius 3 is 1.46 bits per heavy atom. The van der Waals surface area contributed by atoms with E-state index >= 15 is 0 Å². The van der Waals surface area contributed by atoms with Crippen molar-refractivity contribution >= 4 is 30.3 Å². The van der Waals surface area contributed by atoms with Crippen LogP contribution in [0.1, 0.15) is 13.8 Å². The first kappa shape index (κ1) is 15.8. The number of benzene rings is 2. The molecule has 0 radical (unpaired) electrons. The van der Waals surface area contributed by atoms with E-state index in [0.717, 1.165) is 0 Å². The molecule has 3 aliphatic heterocycles. The first-order valence-corrected chi connectivity index (χ1v) is 11.4. The van der Waals surface area contributed by atoms with Crippen LogP contribution in [0.2, 0.25) is 11.1 Å². The monoisotopic (exact) mass is 359 g/mol. The third-order valence-corrected chi connectivity index (χ3v) is 13.1. The van der Waals surface area contributed by atoms with Crippen LogP contribution in [-0.4, -0.2) is 19.9 Å². The fraction of sp³-hybridized carbons (Fsp3) is 0.273. The zero-order valence-corrected chi connectivity index (χ0v) is 15.9. The number of fused-ring (bicyclic) bond motifs is 5. The van der Waals surface area contributed by atoms with Crippen LogP contribution in [0, 0.1) is 11.8 Å². The van der Waals surface area contributed by atoms with Crippen molar-refractivity contribution in [3.63, 3.8) is 0 Å². The third kappa shape index (κ3) is 1.68. The van der Waals surface area contributed by atoms with Crippen LogP contribution in [-0.2, 0) is 9.59 Å². The van der Waals surface area contributed by atoms with Crippen molar-refractivity contribution in [2.75, 3.05) is 0 Å². The van der Waals surface area contributed by atoms with Gasteiger partial charge in [0.15, 0.2) is 0 Å². The number of rotatable bonds is 2. The quantitative estimate of drug-likeness (QED) is 0.508. The molecule has 4 atom stereocenters. The molecule has 2 bridgehead atoms. The zero-order chi connectivity index (χ0) is 18.1. The predicted molar refractivity (Wildman–Crippen MR) is 104 cm³/mol. The van der Waals surface area contributed by atoms with Crippen LogP contribution in [0.3, 0.4) is 0 Å². The second-order valence-corrected chi connectivity index (χ2v) is 12.0. The van der Waals surface area contributed by atoms with E-state index in [4.69, 9.17) is 0 Å². The minimum atomic E-state index is -2.34. The van der Waals surface area contributed by atoms with E-state index in [0.29, 0.717) is 0 Å². The first-order chi connectivity index (χ1) is 12.6. The normalized spacial score (nSPS) is 31.3. The van der Waals surface area contributed by atoms with E-state index in [-0.39, 0.29) is 34.7 Å². The maximum absolute atomic E-state index is 12.7. The summed E-state index contributed by atoms with van der Waals surface area (Å²) < 4.78 is 0. The average molecular weight is 360 g/mol. The molecule has 4 heteroatoms. The molecule has 2 fully saturated rings. The predicted octanol–water partition coefficient (Wildman–Crippen LogP) is 2.24. The van der Waals surface area contributed by atoms with Gasteiger partial charge in [-0.1, -0.05) is 82.2 Å². The Hall–Kier alpha value is -2.46. The number of carbonyl (C=O) groups excluding carboxylic acids is 2. The van der Waals surface area contributed by atoms with E-state index < -0.39 is 8.07 Å². The Bertz CT molecular complexity index is 873. The molecule has 26 heavy (non-hydrogen) atoms. The molecule has 0 aliphatic carbocycles. The molecule has 2 saturated heterocycles. The van der Waals surface area contributed by atoms with E-state index in [1.165, 1.54) is 21.5 Å². The topological polar surface area (TPSA) is 46.2 Å². The lowest BCUT2D eigenvalue weighted by atomic mass is 9.78. The minimum absolute atomic E-state index is 0.0666. The summed E-state index contributed by atoms with van der Waals surface area (Å²) in [6.45, 7) is 4.36. The molecule has 3 nitrogen and oxygen atoms in total. The van der Waals surface area contributed by atoms with Gasteiger partial charge >= 0.3 is 0 Å². The fourth-order valence-electron chi connectivity index (χ4n) is 6.12. The highest BCUT2D eigenvalue weighted by molar-refractivity contribution is 7.06. The van der Waals surface area contributed by atoms with Crippen LogP contribution in [0.5, 0.6) is 0 Å². The van der Waals surface area contributed by atoms with Crippen molar-refractivity contribution in [3.05, 3.63) is 71.8 Å². The molecule has 5 rings (SSSR count). The first-order valence-electron chi connectivity index (χ1n) is 9.21. The smallest absolute Gasteiger partial charge is 0.230 e. The standard InChI is InChI=1S/C22H21NO2Si/c1-13-14(2)20-18-17(21(24)23-22(18)25)19(13)26(20,15-9-5-3-6-10-15)16-11-7-4-8-12-16/h3-12,17-20H,1-2H3,(H,23,24,25)/t17-,18+,19-,20+. The lowest BCUT2D eigenvalue weighted by Gasteiger charge is -2.36. The number of imide groups is 1. The Balaban J connectivity index is 1.85. The van der Waals surface area contributed by atoms with E-state index in [9.17, 15) is 9.59 Å². The van der Waals surface area contributed by atoms with Crippen LogP contribution >= 0.6 is 0 Å². The summed E-state index contributed by atoms with van der Waals surface area (Å²) in [5.41, 5.74) is 2.99. The number of hydrogen-bond acceptors (Lipinski definition) is 2. The SMILES string of the molecule is CC1=C(C)[C@H]2[C@H]3C(=O)NC(=O)[C@H]3[C@@H]1[Si]2(c1ccccc1)c1ccccc1. The summed E-state index contributed by atoms with van der Waals surface area (Å²) in [5.74, 6) is -0.544. The number of hydrogen-bond donors (Lipinski definition) is 1. The second-order valence-electron chi connectivity index (χ2n) is 7.83. The van der Waals surface area contributed by atoms with Crippen molar-refractivity contribution < 1.29 is 9.59 Å². The van der Waals surface area contributed by atoms with Crippen LogP contribution in [0.4, 0.5) is 0 Å². The summed E-state index contributed by atoms with van der Waals surface area (Å²) in [6, 6.07) is 21.3. The Kier molecular flexibility index (Phi) is 3.20. The molecule has 0 saturated carbocycles. The summed E-state index contributed by atoms with van der Waals surface area (Å²) in [6.07, 6.45) is 0. The van der Waals surface area contributed by atoms with Crippen LogP contribution < -0.4 is 15.7 Å². The van der Waals surface area contributed by atoms with Gasteiger partial charge in [0, 0.05) is 0 Å². The second kappa shape index (κ2) is 5.27. The summed E-state index contributed by atoms with van der Waals surface area (Å²) >= 11 is 0. The highest BCUT2D eigenvalue weighted by atomic mass is 28.3. The van der Waals surface area contributed by atoms with Crippen molar-refractivity contribution in [2.24, 2.45) is 11.8 Å². The van der Waals surface area contributed by atoms with Gasteiger partial charge in [0.1, 0.15) is 8.07 Å². The van der Waals surface area contributed by atoms with E-state index in [2.05, 4.69) is 67.7 Å². The van der Waals surface area contributed by atoms with Gasteiger partial charge in [0.25, 0.3) is 0 Å². The molecule has 3 aliphatic rings. The lowest BCUT2D eigenvalue weighted by molar-refractivity contribution is -0.126. The largest absolute Gasteiger partial charge is 0.296 e. The summed E-state index contributed by atoms with van der Waals surface area (Å²) in [5, 5.41) is 5.30. The average Bonchev–Trinajstić information content (AvgIpc) is 3.22. The lowest BCUT2D eigenvalue weighted by Crippen LogP contribution is -2.62. The molecule has 2 aromatic rings. The number of carbonyl (C=O) groups is 2. The van der Waals surface area contributed by atoms with Crippen LogP contribution in [0.25, 0.3) is 0 Å². The number of amides is 2. The van der Waals surface area contributed by atoms with Gasteiger partial charge in [-0.25, -0.2) is 0 Å². The molecule has 1 N–H and O–H groups in total. The molecule has 2 aromatic carbocycles. The van der Waals surface area contributed by atoms with Crippen LogP contribution in [0.15, 0.2) is 71.8 Å². The molecule has 0 aromatic heterocycles. The van der Waals surface area contributed by atoms with Crippen molar-refractivity contribution in [3.8, 4) is 0 Å². The molecular weight excluding hydrogens is 338 g/mol. The van der Waals surface area contributed by atoms with E-state index in [1.807, 2.05) is 12.1 Å². The molecule has 2 amide bonds. The zero-order valence-electron chi connectivity index (χ0n) is 14.9.